The lowest BCUT2D eigenvalue weighted by molar-refractivity contribution is 0.208. The first kappa shape index (κ1) is 18.7. The van der Waals surface area contributed by atoms with Crippen molar-refractivity contribution in [3.05, 3.63) is 54.9 Å². The smallest absolute Gasteiger partial charge is 0.322 e. The second-order valence-electron chi connectivity index (χ2n) is 6.53. The second kappa shape index (κ2) is 8.59. The lowest BCUT2D eigenvalue weighted by Gasteiger charge is -2.35. The van der Waals surface area contributed by atoms with Crippen molar-refractivity contribution in [3.63, 3.8) is 0 Å². The number of rotatable bonds is 5. The van der Waals surface area contributed by atoms with E-state index in [0.29, 0.717) is 50.0 Å². The Labute approximate surface area is 168 Å². The third-order valence-corrected chi connectivity index (χ3v) is 4.69. The Morgan fingerprint density at radius 1 is 1.03 bits per heavy atom. The number of para-hydroxylation sites is 2. The molecule has 1 aromatic carbocycles. The van der Waals surface area contributed by atoms with Crippen LogP contribution in [0.1, 0.15) is 6.92 Å². The van der Waals surface area contributed by atoms with Crippen LogP contribution >= 0.6 is 0 Å². The molecule has 0 spiro atoms. The Hall–Kier alpha value is -3.62. The number of carbonyl (C=O) groups is 1. The van der Waals surface area contributed by atoms with Crippen LogP contribution in [0.15, 0.2) is 54.9 Å². The number of piperazine rings is 1. The molecule has 0 bridgehead atoms. The summed E-state index contributed by atoms with van der Waals surface area (Å²) in [6.07, 6.45) is 3.53. The molecule has 1 fully saturated rings. The zero-order valence-corrected chi connectivity index (χ0v) is 16.2. The van der Waals surface area contributed by atoms with Gasteiger partial charge in [0.05, 0.1) is 12.3 Å². The summed E-state index contributed by atoms with van der Waals surface area (Å²) in [4.78, 5) is 16.6. The Morgan fingerprint density at radius 3 is 2.48 bits per heavy atom. The normalized spacial score (nSPS) is 14.0. The molecule has 2 aromatic heterocycles. The highest BCUT2D eigenvalue weighted by Crippen LogP contribution is 2.24. The van der Waals surface area contributed by atoms with Gasteiger partial charge in [0.1, 0.15) is 5.75 Å². The maximum atomic E-state index is 12.6. The molecule has 9 nitrogen and oxygen atoms in total. The Kier molecular flexibility index (Phi) is 5.55. The first-order valence-corrected chi connectivity index (χ1v) is 9.61. The fourth-order valence-corrected chi connectivity index (χ4v) is 3.20. The van der Waals surface area contributed by atoms with Crippen molar-refractivity contribution in [1.29, 1.82) is 0 Å². The maximum absolute atomic E-state index is 12.6. The highest BCUT2D eigenvalue weighted by Gasteiger charge is 2.23. The number of nitrogens with zero attached hydrogens (tertiary/aromatic N) is 6. The van der Waals surface area contributed by atoms with Gasteiger partial charge in [-0.25, -0.2) is 9.48 Å². The molecule has 150 valence electrons. The summed E-state index contributed by atoms with van der Waals surface area (Å²) in [5.74, 6) is 2.14. The number of amides is 2. The van der Waals surface area contributed by atoms with Gasteiger partial charge in [-0.2, -0.15) is 5.10 Å². The highest BCUT2D eigenvalue weighted by molar-refractivity contribution is 5.91. The van der Waals surface area contributed by atoms with Crippen molar-refractivity contribution < 1.29 is 9.53 Å². The molecular formula is C20H23N7O2. The van der Waals surface area contributed by atoms with E-state index in [4.69, 9.17) is 4.74 Å². The maximum Gasteiger partial charge on any atom is 0.322 e. The van der Waals surface area contributed by atoms with Crippen LogP contribution in [0.2, 0.25) is 0 Å². The fraction of sp³-hybridized carbons (Fsp3) is 0.300. The molecule has 3 aromatic rings. The van der Waals surface area contributed by atoms with Crippen molar-refractivity contribution >= 4 is 17.5 Å². The van der Waals surface area contributed by atoms with Gasteiger partial charge in [0.15, 0.2) is 11.6 Å². The van der Waals surface area contributed by atoms with Crippen molar-refractivity contribution in [2.45, 2.75) is 6.92 Å². The van der Waals surface area contributed by atoms with Crippen LogP contribution in [0.5, 0.6) is 5.75 Å². The van der Waals surface area contributed by atoms with Crippen molar-refractivity contribution in [3.8, 4) is 11.6 Å². The average molecular weight is 393 g/mol. The fourth-order valence-electron chi connectivity index (χ4n) is 3.20. The molecule has 0 radical (unpaired) electrons. The van der Waals surface area contributed by atoms with Crippen molar-refractivity contribution in [1.82, 2.24) is 24.9 Å². The average Bonchev–Trinajstić information content (AvgIpc) is 3.30. The molecule has 9 heteroatoms. The standard InChI is InChI=1S/C20H23N7O2/c1-2-29-17-7-4-3-6-16(17)22-20(28)26-14-12-25(13-15-26)18-8-9-19(24-23-18)27-11-5-10-21-27/h3-11H,2,12-15H2,1H3,(H,22,28). The Morgan fingerprint density at radius 2 is 1.79 bits per heavy atom. The van der Waals surface area contributed by atoms with Crippen LogP contribution in [0.3, 0.4) is 0 Å². The van der Waals surface area contributed by atoms with Gasteiger partial charge in [-0.05, 0) is 37.3 Å². The largest absolute Gasteiger partial charge is 0.492 e. The minimum absolute atomic E-state index is 0.128. The molecule has 3 heterocycles. The van der Waals surface area contributed by atoms with E-state index in [1.165, 1.54) is 0 Å². The van der Waals surface area contributed by atoms with E-state index in [9.17, 15) is 4.79 Å². The Bertz CT molecular complexity index is 936. The summed E-state index contributed by atoms with van der Waals surface area (Å²) < 4.78 is 7.24. The zero-order chi connectivity index (χ0) is 20.1. The van der Waals surface area contributed by atoms with Gasteiger partial charge in [-0.15, -0.1) is 10.2 Å². The topological polar surface area (TPSA) is 88.4 Å². The second-order valence-corrected chi connectivity index (χ2v) is 6.53. The van der Waals surface area contributed by atoms with Gasteiger partial charge in [-0.1, -0.05) is 12.1 Å². The predicted octanol–water partition coefficient (Wildman–Crippen LogP) is 2.42. The van der Waals surface area contributed by atoms with Gasteiger partial charge in [0.2, 0.25) is 0 Å². The number of hydrogen-bond acceptors (Lipinski definition) is 6. The Balaban J connectivity index is 1.34. The molecule has 4 rings (SSSR count). The number of ether oxygens (including phenoxy) is 1. The van der Waals surface area contributed by atoms with E-state index in [1.54, 1.807) is 15.8 Å². The van der Waals surface area contributed by atoms with Crippen LogP contribution in [0.4, 0.5) is 16.3 Å². The molecule has 1 N–H and O–H groups in total. The van der Waals surface area contributed by atoms with Crippen LogP contribution in [-0.2, 0) is 0 Å². The monoisotopic (exact) mass is 393 g/mol. The van der Waals surface area contributed by atoms with Crippen LogP contribution < -0.4 is 15.0 Å². The van der Waals surface area contributed by atoms with E-state index in [1.807, 2.05) is 55.6 Å². The number of hydrogen-bond donors (Lipinski definition) is 1. The van der Waals surface area contributed by atoms with Gasteiger partial charge in [0.25, 0.3) is 0 Å². The number of anilines is 2. The zero-order valence-electron chi connectivity index (χ0n) is 16.2. The summed E-state index contributed by atoms with van der Waals surface area (Å²) in [5.41, 5.74) is 0.682. The molecule has 2 amide bonds. The summed E-state index contributed by atoms with van der Waals surface area (Å²) in [6.45, 7) is 5.05. The van der Waals surface area contributed by atoms with Crippen LogP contribution in [0.25, 0.3) is 5.82 Å². The first-order chi connectivity index (χ1) is 14.2. The van der Waals surface area contributed by atoms with E-state index >= 15 is 0 Å². The lowest BCUT2D eigenvalue weighted by Crippen LogP contribution is -2.50. The minimum atomic E-state index is -0.128. The van der Waals surface area contributed by atoms with E-state index in [2.05, 4.69) is 25.5 Å². The minimum Gasteiger partial charge on any atom is -0.492 e. The van der Waals surface area contributed by atoms with Gasteiger partial charge in [0, 0.05) is 38.6 Å². The number of nitrogens with one attached hydrogen (secondary N) is 1. The summed E-state index contributed by atoms with van der Waals surface area (Å²) in [7, 11) is 0. The van der Waals surface area contributed by atoms with Gasteiger partial charge in [-0.3, -0.25) is 0 Å². The van der Waals surface area contributed by atoms with Gasteiger partial charge < -0.3 is 19.9 Å². The molecule has 1 aliphatic heterocycles. The molecule has 0 unspecified atom stereocenters. The number of carbonyl (C=O) groups excluding carboxylic acids is 1. The third kappa shape index (κ3) is 4.29. The number of urea groups is 1. The molecular weight excluding hydrogens is 370 g/mol. The molecule has 0 aliphatic carbocycles. The quantitative estimate of drug-likeness (QED) is 0.716. The molecule has 1 aliphatic rings. The SMILES string of the molecule is CCOc1ccccc1NC(=O)N1CCN(c2ccc(-n3cccn3)nn2)CC1. The number of aromatic nitrogens is 4. The van der Waals surface area contributed by atoms with E-state index in [0.717, 1.165) is 5.82 Å². The van der Waals surface area contributed by atoms with E-state index in [-0.39, 0.29) is 6.03 Å². The first-order valence-electron chi connectivity index (χ1n) is 9.61. The predicted molar refractivity (Wildman–Crippen MR) is 110 cm³/mol. The van der Waals surface area contributed by atoms with Crippen LogP contribution in [0, 0.1) is 0 Å². The molecule has 29 heavy (non-hydrogen) atoms. The summed E-state index contributed by atoms with van der Waals surface area (Å²) >= 11 is 0. The van der Waals surface area contributed by atoms with Crippen molar-refractivity contribution in [2.24, 2.45) is 0 Å². The molecule has 0 saturated carbocycles. The van der Waals surface area contributed by atoms with Crippen molar-refractivity contribution in [2.75, 3.05) is 43.0 Å². The lowest BCUT2D eigenvalue weighted by atomic mass is 10.3. The third-order valence-electron chi connectivity index (χ3n) is 4.69. The summed E-state index contributed by atoms with van der Waals surface area (Å²) in [5, 5.41) is 15.6. The number of benzene rings is 1. The molecule has 0 atom stereocenters. The van der Waals surface area contributed by atoms with Gasteiger partial charge >= 0.3 is 6.03 Å². The summed E-state index contributed by atoms with van der Waals surface area (Å²) in [6, 6.07) is 13.0. The van der Waals surface area contributed by atoms with E-state index < -0.39 is 0 Å². The highest BCUT2D eigenvalue weighted by atomic mass is 16.5. The molecule has 1 saturated heterocycles. The van der Waals surface area contributed by atoms with Crippen LogP contribution in [-0.4, -0.2) is 63.7 Å².